The molecule has 3 aromatic carbocycles. The van der Waals surface area contributed by atoms with E-state index in [1.807, 2.05) is 6.07 Å². The highest BCUT2D eigenvalue weighted by atomic mass is 19.4. The van der Waals surface area contributed by atoms with Crippen LogP contribution in [-0.4, -0.2) is 26.6 Å². The zero-order valence-corrected chi connectivity index (χ0v) is 28.2. The summed E-state index contributed by atoms with van der Waals surface area (Å²) in [5.41, 5.74) is 0.177. The van der Waals surface area contributed by atoms with Gasteiger partial charge in [-0.2, -0.15) is 32.3 Å². The van der Waals surface area contributed by atoms with Crippen molar-refractivity contribution >= 4 is 11.8 Å². The van der Waals surface area contributed by atoms with Crippen LogP contribution in [0.3, 0.4) is 0 Å². The largest absolute Gasteiger partial charge is 0.435 e. The van der Waals surface area contributed by atoms with Crippen LogP contribution >= 0.6 is 0 Å². The van der Waals surface area contributed by atoms with E-state index in [1.165, 1.54) is 0 Å². The van der Waals surface area contributed by atoms with Crippen molar-refractivity contribution in [2.45, 2.75) is 50.0 Å². The summed E-state index contributed by atoms with van der Waals surface area (Å²) in [6.07, 6.45) is -5.49. The summed E-state index contributed by atoms with van der Waals surface area (Å²) >= 11 is 0. The molecule has 1 saturated carbocycles. The molecule has 8 rings (SSSR count). The second-order valence-electron chi connectivity index (χ2n) is 13.6. The topological polar surface area (TPSA) is 113 Å². The third kappa shape index (κ3) is 6.67. The molecule has 1 unspecified atom stereocenters. The Morgan fingerprint density at radius 2 is 1.71 bits per heavy atom. The summed E-state index contributed by atoms with van der Waals surface area (Å²) in [7, 11) is 0. The minimum atomic E-state index is -5.05. The molecule has 276 valence electrons. The number of pyridine rings is 1. The van der Waals surface area contributed by atoms with Crippen LogP contribution in [0.5, 0.6) is 0 Å². The van der Waals surface area contributed by atoms with Gasteiger partial charge in [0.05, 0.1) is 23.4 Å². The van der Waals surface area contributed by atoms with Crippen molar-refractivity contribution in [2.75, 3.05) is 0 Å². The second-order valence-corrected chi connectivity index (χ2v) is 13.6. The van der Waals surface area contributed by atoms with Crippen LogP contribution in [0.15, 0.2) is 72.8 Å². The Labute approximate surface area is 308 Å². The van der Waals surface area contributed by atoms with Gasteiger partial charge in [0.1, 0.15) is 29.6 Å². The number of hydrogen-bond donors (Lipinski definition) is 2. The molecular formula is C40H25F7N6O2. The molecule has 0 saturated heterocycles. The molecule has 0 radical (unpaired) electrons. The average Bonchev–Trinajstić information content (AvgIpc) is 3.65. The maximum Gasteiger partial charge on any atom is 0.435 e. The Hall–Kier alpha value is -6.48. The van der Waals surface area contributed by atoms with Gasteiger partial charge in [-0.1, -0.05) is 18.1 Å². The number of nitriles is 1. The van der Waals surface area contributed by atoms with Crippen LogP contribution in [0.2, 0.25) is 0 Å². The third-order valence-electron chi connectivity index (χ3n) is 9.90. The Bertz CT molecular complexity index is 2510. The molecule has 3 atom stereocenters. The molecular weight excluding hydrogens is 729 g/mol. The SMILES string of the molecule is N#Cc1ccc(C#Cc2ccc(-c3ccc4c(c3)C(=O)NC4)c(C(Cc3cc(F)cc(F)c3)NC(=O)Cn3nc(C(F)(F)F)c4c3C(F)(F)[C@@H]3C[C@H]43)n2)cc1. The van der Waals surface area contributed by atoms with Gasteiger partial charge in [-0.15, -0.1) is 0 Å². The molecule has 55 heavy (non-hydrogen) atoms. The van der Waals surface area contributed by atoms with E-state index < -0.39 is 71.0 Å². The fraction of sp³-hybridized carbons (Fsp3) is 0.225. The first-order valence-corrected chi connectivity index (χ1v) is 16.9. The van der Waals surface area contributed by atoms with Crippen molar-refractivity contribution in [1.29, 1.82) is 5.26 Å². The van der Waals surface area contributed by atoms with Gasteiger partial charge in [0.15, 0.2) is 5.69 Å². The number of rotatable bonds is 7. The maximum atomic E-state index is 15.3. The highest BCUT2D eigenvalue weighted by Crippen LogP contribution is 2.68. The summed E-state index contributed by atoms with van der Waals surface area (Å²) in [5, 5.41) is 18.0. The van der Waals surface area contributed by atoms with Gasteiger partial charge < -0.3 is 10.6 Å². The van der Waals surface area contributed by atoms with Crippen LogP contribution in [0.25, 0.3) is 11.1 Å². The predicted molar refractivity (Wildman–Crippen MR) is 181 cm³/mol. The van der Waals surface area contributed by atoms with Gasteiger partial charge in [-0.3, -0.25) is 14.3 Å². The quantitative estimate of drug-likeness (QED) is 0.137. The number of nitrogens with zero attached hydrogens (tertiary/aromatic N) is 4. The van der Waals surface area contributed by atoms with Crippen LogP contribution in [0, 0.1) is 40.7 Å². The van der Waals surface area contributed by atoms with Crippen molar-refractivity contribution < 1.29 is 40.3 Å². The molecule has 2 aliphatic carbocycles. The van der Waals surface area contributed by atoms with Gasteiger partial charge in [-0.25, -0.2) is 13.8 Å². The maximum absolute atomic E-state index is 15.3. The summed E-state index contributed by atoms with van der Waals surface area (Å²) in [6.45, 7) is -0.727. The zero-order chi connectivity index (χ0) is 38.8. The van der Waals surface area contributed by atoms with Crippen molar-refractivity contribution in [3.8, 4) is 29.0 Å². The summed E-state index contributed by atoms with van der Waals surface area (Å²) < 4.78 is 102. The lowest BCUT2D eigenvalue weighted by molar-refractivity contribution is -0.142. The molecule has 1 fully saturated rings. The Morgan fingerprint density at radius 3 is 2.42 bits per heavy atom. The number of fused-ring (bicyclic) bond motifs is 4. The van der Waals surface area contributed by atoms with Crippen molar-refractivity contribution in [1.82, 2.24) is 25.4 Å². The first-order chi connectivity index (χ1) is 26.2. The third-order valence-corrected chi connectivity index (χ3v) is 9.90. The van der Waals surface area contributed by atoms with Crippen molar-refractivity contribution in [3.05, 3.63) is 141 Å². The number of aromatic nitrogens is 3. The molecule has 0 bridgehead atoms. The molecule has 3 aliphatic rings. The lowest BCUT2D eigenvalue weighted by Crippen LogP contribution is -2.35. The van der Waals surface area contributed by atoms with E-state index in [0.717, 1.165) is 17.7 Å². The van der Waals surface area contributed by atoms with E-state index in [0.29, 0.717) is 45.1 Å². The lowest BCUT2D eigenvalue weighted by Gasteiger charge is -2.23. The first kappa shape index (κ1) is 35.5. The smallest absolute Gasteiger partial charge is 0.348 e. The number of carbonyl (C=O) groups excluding carboxylic acids is 2. The van der Waals surface area contributed by atoms with Crippen molar-refractivity contribution in [3.63, 3.8) is 0 Å². The highest BCUT2D eigenvalue weighted by Gasteiger charge is 2.68. The van der Waals surface area contributed by atoms with Gasteiger partial charge in [0.25, 0.3) is 11.8 Å². The van der Waals surface area contributed by atoms with Gasteiger partial charge in [0.2, 0.25) is 5.91 Å². The average molecular weight is 755 g/mol. The lowest BCUT2D eigenvalue weighted by atomic mass is 9.93. The minimum absolute atomic E-state index is 0.0592. The van der Waals surface area contributed by atoms with E-state index in [1.54, 1.807) is 54.6 Å². The van der Waals surface area contributed by atoms with Crippen LogP contribution < -0.4 is 10.6 Å². The molecule has 15 heteroatoms. The number of benzene rings is 3. The Kier molecular flexibility index (Phi) is 8.48. The van der Waals surface area contributed by atoms with Crippen LogP contribution in [-0.2, 0) is 36.4 Å². The number of carbonyl (C=O) groups is 2. The monoisotopic (exact) mass is 754 g/mol. The minimum Gasteiger partial charge on any atom is -0.348 e. The van der Waals surface area contributed by atoms with Crippen molar-refractivity contribution in [2.24, 2.45) is 5.92 Å². The van der Waals surface area contributed by atoms with Gasteiger partial charge in [0, 0.05) is 40.8 Å². The molecule has 2 N–H and O–H groups in total. The van der Waals surface area contributed by atoms with E-state index in [-0.39, 0.29) is 35.7 Å². The molecule has 8 nitrogen and oxygen atoms in total. The Morgan fingerprint density at radius 1 is 0.982 bits per heavy atom. The van der Waals surface area contributed by atoms with Crippen LogP contribution in [0.4, 0.5) is 30.7 Å². The molecule has 2 aromatic heterocycles. The first-order valence-electron chi connectivity index (χ1n) is 16.9. The van der Waals surface area contributed by atoms with E-state index in [9.17, 15) is 31.5 Å². The molecule has 3 heterocycles. The summed E-state index contributed by atoms with van der Waals surface area (Å²) in [6, 6.07) is 18.1. The van der Waals surface area contributed by atoms with Crippen LogP contribution in [0.1, 0.15) is 79.3 Å². The molecule has 0 spiro atoms. The summed E-state index contributed by atoms with van der Waals surface area (Å²) in [5.74, 6) is -3.35. The number of alkyl halides is 5. The fourth-order valence-electron chi connectivity index (χ4n) is 7.35. The number of hydrogen-bond acceptors (Lipinski definition) is 5. The zero-order valence-electron chi connectivity index (χ0n) is 28.2. The normalized spacial score (nSPS) is 17.9. The fourth-order valence-corrected chi connectivity index (χ4v) is 7.35. The molecule has 1 aliphatic heterocycles. The summed E-state index contributed by atoms with van der Waals surface area (Å²) in [4.78, 5) is 31.1. The number of halogens is 7. The van der Waals surface area contributed by atoms with Gasteiger partial charge >= 0.3 is 6.18 Å². The Balaban J connectivity index is 1.22. The highest BCUT2D eigenvalue weighted by molar-refractivity contribution is 5.99. The van der Waals surface area contributed by atoms with E-state index >= 15 is 8.78 Å². The predicted octanol–water partition coefficient (Wildman–Crippen LogP) is 7.07. The number of amides is 2. The number of nitrogens with one attached hydrogen (secondary N) is 2. The van der Waals surface area contributed by atoms with E-state index in [2.05, 4.69) is 27.6 Å². The second kappa shape index (κ2) is 13.1. The van der Waals surface area contributed by atoms with Gasteiger partial charge in [-0.05, 0) is 96.0 Å². The van der Waals surface area contributed by atoms with E-state index in [4.69, 9.17) is 10.2 Å². The molecule has 2 amide bonds. The molecule has 5 aromatic rings. The standard InChI is InChI=1S/C40H25F7N6O2/c41-25-11-22(12-26(42)15-25)13-32(51-33(54)19-53-37-34(36(52-53)40(45,46)47)30-16-31(30)39(37,43)44)35-28(23-6-7-24-18-49-38(55)29(24)14-23)10-9-27(50-35)8-5-20-1-3-21(17-48)4-2-20/h1-4,6-7,9-12,14-15,30-32H,13,16,18-19H2,(H,49,55)(H,51,54)/t30-,31+,32?/m0/s1.